The molecule has 2 atom stereocenters. The molecule has 1 aliphatic rings. The van der Waals surface area contributed by atoms with E-state index in [0.29, 0.717) is 5.56 Å². The van der Waals surface area contributed by atoms with Gasteiger partial charge in [0, 0.05) is 12.5 Å². The Morgan fingerprint density at radius 3 is 2.82 bits per heavy atom. The first-order valence-electron chi connectivity index (χ1n) is 5.91. The summed E-state index contributed by atoms with van der Waals surface area (Å²) in [5.74, 6) is -0.882. The predicted molar refractivity (Wildman–Crippen MR) is 64.0 cm³/mol. The number of benzene rings is 1. The first-order valence-corrected chi connectivity index (χ1v) is 5.91. The van der Waals surface area contributed by atoms with Gasteiger partial charge in [0.2, 0.25) is 0 Å². The van der Waals surface area contributed by atoms with Crippen LogP contribution < -0.4 is 5.32 Å². The van der Waals surface area contributed by atoms with Crippen molar-refractivity contribution in [3.05, 3.63) is 35.4 Å². The summed E-state index contributed by atoms with van der Waals surface area (Å²) in [6.07, 6.45) is 1.26. The Bertz CT molecular complexity index is 399. The summed E-state index contributed by atoms with van der Waals surface area (Å²) in [7, 11) is 0. The van der Waals surface area contributed by atoms with Crippen molar-refractivity contribution in [3.63, 3.8) is 0 Å². The van der Waals surface area contributed by atoms with Gasteiger partial charge in [-0.15, -0.1) is 0 Å². The molecule has 1 aromatic carbocycles. The van der Waals surface area contributed by atoms with E-state index >= 15 is 0 Å². The molecule has 1 saturated heterocycles. The summed E-state index contributed by atoms with van der Waals surface area (Å²) in [4.78, 5) is 11.1. The molecule has 4 heteroatoms. The molecule has 0 aromatic heterocycles. The topological polar surface area (TPSA) is 69.6 Å². The average Bonchev–Trinajstić information content (AvgIpc) is 2.39. The third-order valence-corrected chi connectivity index (χ3v) is 3.29. The molecular weight excluding hydrogens is 218 g/mol. The minimum Gasteiger partial charge on any atom is -0.478 e. The van der Waals surface area contributed by atoms with Crippen LogP contribution in [0.3, 0.4) is 0 Å². The first kappa shape index (κ1) is 12.1. The molecule has 1 aliphatic heterocycles. The number of carbonyl (C=O) groups is 1. The maximum absolute atomic E-state index is 11.1. The highest BCUT2D eigenvalue weighted by Gasteiger charge is 2.26. The first-order chi connectivity index (χ1) is 8.20. The van der Waals surface area contributed by atoms with Gasteiger partial charge in [0.05, 0.1) is 11.7 Å². The molecule has 1 heterocycles. The van der Waals surface area contributed by atoms with Crippen molar-refractivity contribution in [1.29, 1.82) is 0 Å². The SMILES string of the molecule is O=C(O)c1ccccc1C(O)C1CCCNC1. The van der Waals surface area contributed by atoms with E-state index in [1.54, 1.807) is 18.2 Å². The minimum atomic E-state index is -0.983. The fourth-order valence-corrected chi connectivity index (χ4v) is 2.35. The molecule has 0 spiro atoms. The highest BCUT2D eigenvalue weighted by Crippen LogP contribution is 2.29. The van der Waals surface area contributed by atoms with Crippen molar-refractivity contribution in [3.8, 4) is 0 Å². The number of rotatable bonds is 3. The average molecular weight is 235 g/mol. The smallest absolute Gasteiger partial charge is 0.336 e. The van der Waals surface area contributed by atoms with Crippen molar-refractivity contribution in [1.82, 2.24) is 5.32 Å². The fraction of sp³-hybridized carbons (Fsp3) is 0.462. The molecule has 0 aliphatic carbocycles. The fourth-order valence-electron chi connectivity index (χ4n) is 2.35. The molecule has 0 bridgehead atoms. The molecule has 2 unspecified atom stereocenters. The Morgan fingerprint density at radius 2 is 2.18 bits per heavy atom. The Balaban J connectivity index is 2.23. The van der Waals surface area contributed by atoms with Gasteiger partial charge < -0.3 is 15.5 Å². The van der Waals surface area contributed by atoms with E-state index < -0.39 is 12.1 Å². The molecule has 17 heavy (non-hydrogen) atoms. The number of aliphatic hydroxyl groups is 1. The zero-order valence-corrected chi connectivity index (χ0v) is 9.60. The summed E-state index contributed by atoms with van der Waals surface area (Å²) >= 11 is 0. The third kappa shape index (κ3) is 2.65. The molecule has 0 amide bonds. The van der Waals surface area contributed by atoms with Crippen LogP contribution in [0, 0.1) is 5.92 Å². The third-order valence-electron chi connectivity index (χ3n) is 3.29. The van der Waals surface area contributed by atoms with E-state index in [-0.39, 0.29) is 11.5 Å². The quantitative estimate of drug-likeness (QED) is 0.741. The molecule has 4 nitrogen and oxygen atoms in total. The lowest BCUT2D eigenvalue weighted by Gasteiger charge is -2.28. The predicted octanol–water partition coefficient (Wildman–Crippen LogP) is 1.42. The van der Waals surface area contributed by atoms with Crippen LogP contribution in [0.15, 0.2) is 24.3 Å². The Hall–Kier alpha value is -1.39. The second-order valence-corrected chi connectivity index (χ2v) is 4.44. The highest BCUT2D eigenvalue weighted by molar-refractivity contribution is 5.89. The van der Waals surface area contributed by atoms with Gasteiger partial charge in [0.15, 0.2) is 0 Å². The van der Waals surface area contributed by atoms with Gasteiger partial charge in [0.1, 0.15) is 0 Å². The summed E-state index contributed by atoms with van der Waals surface area (Å²) in [6, 6.07) is 6.68. The molecule has 92 valence electrons. The lowest BCUT2D eigenvalue weighted by molar-refractivity contribution is 0.0666. The monoisotopic (exact) mass is 235 g/mol. The second kappa shape index (κ2) is 5.29. The van der Waals surface area contributed by atoms with Gasteiger partial charge in [-0.25, -0.2) is 4.79 Å². The molecule has 3 N–H and O–H groups in total. The zero-order chi connectivity index (χ0) is 12.3. The van der Waals surface area contributed by atoms with E-state index in [2.05, 4.69) is 5.32 Å². The minimum absolute atomic E-state index is 0.101. The number of aromatic carboxylic acids is 1. The van der Waals surface area contributed by atoms with Gasteiger partial charge in [-0.3, -0.25) is 0 Å². The second-order valence-electron chi connectivity index (χ2n) is 4.44. The number of aliphatic hydroxyl groups excluding tert-OH is 1. The Kier molecular flexibility index (Phi) is 3.76. The number of piperidine rings is 1. The van der Waals surface area contributed by atoms with Crippen molar-refractivity contribution in [2.75, 3.05) is 13.1 Å². The lowest BCUT2D eigenvalue weighted by atomic mass is 9.87. The zero-order valence-electron chi connectivity index (χ0n) is 9.60. The van der Waals surface area contributed by atoms with Gasteiger partial charge in [-0.05, 0) is 31.0 Å². The number of hydrogen-bond donors (Lipinski definition) is 3. The van der Waals surface area contributed by atoms with E-state index in [9.17, 15) is 9.90 Å². The maximum atomic E-state index is 11.1. The van der Waals surface area contributed by atoms with Crippen molar-refractivity contribution >= 4 is 5.97 Å². The van der Waals surface area contributed by atoms with Crippen LogP contribution in [0.25, 0.3) is 0 Å². The standard InChI is InChI=1S/C13H17NO3/c15-12(9-4-3-7-14-8-9)10-5-1-2-6-11(10)13(16)17/h1-2,5-6,9,12,14-15H,3-4,7-8H2,(H,16,17). The Morgan fingerprint density at radius 1 is 1.41 bits per heavy atom. The van der Waals surface area contributed by atoms with Crippen molar-refractivity contribution in [2.24, 2.45) is 5.92 Å². The molecule has 0 saturated carbocycles. The molecule has 1 fully saturated rings. The molecule has 0 radical (unpaired) electrons. The van der Waals surface area contributed by atoms with Crippen LogP contribution in [-0.2, 0) is 0 Å². The summed E-state index contributed by atoms with van der Waals surface area (Å²) < 4.78 is 0. The molecule has 2 rings (SSSR count). The largest absolute Gasteiger partial charge is 0.478 e. The van der Waals surface area contributed by atoms with Crippen LogP contribution in [0.5, 0.6) is 0 Å². The number of carboxylic acid groups (broad SMARTS) is 1. The maximum Gasteiger partial charge on any atom is 0.336 e. The van der Waals surface area contributed by atoms with Crippen LogP contribution in [0.2, 0.25) is 0 Å². The van der Waals surface area contributed by atoms with Crippen molar-refractivity contribution in [2.45, 2.75) is 18.9 Å². The van der Waals surface area contributed by atoms with Gasteiger partial charge in [-0.2, -0.15) is 0 Å². The van der Waals surface area contributed by atoms with E-state index in [1.165, 1.54) is 6.07 Å². The number of hydrogen-bond acceptors (Lipinski definition) is 3. The van der Waals surface area contributed by atoms with E-state index in [4.69, 9.17) is 5.11 Å². The number of carboxylic acids is 1. The highest BCUT2D eigenvalue weighted by atomic mass is 16.4. The van der Waals surface area contributed by atoms with Crippen LogP contribution in [0.4, 0.5) is 0 Å². The lowest BCUT2D eigenvalue weighted by Crippen LogP contribution is -2.33. The van der Waals surface area contributed by atoms with Crippen LogP contribution >= 0.6 is 0 Å². The van der Waals surface area contributed by atoms with Crippen LogP contribution in [-0.4, -0.2) is 29.3 Å². The molecule has 1 aromatic rings. The van der Waals surface area contributed by atoms with Crippen molar-refractivity contribution < 1.29 is 15.0 Å². The molecular formula is C13H17NO3. The van der Waals surface area contributed by atoms with Gasteiger partial charge in [0.25, 0.3) is 0 Å². The van der Waals surface area contributed by atoms with E-state index in [1.807, 2.05) is 0 Å². The van der Waals surface area contributed by atoms with Gasteiger partial charge >= 0.3 is 5.97 Å². The van der Waals surface area contributed by atoms with Crippen LogP contribution in [0.1, 0.15) is 34.9 Å². The summed E-state index contributed by atoms with van der Waals surface area (Å²) in [5, 5.41) is 22.6. The summed E-state index contributed by atoms with van der Waals surface area (Å²) in [6.45, 7) is 1.72. The normalized spacial score (nSPS) is 22.1. The van der Waals surface area contributed by atoms with Gasteiger partial charge in [-0.1, -0.05) is 18.2 Å². The number of nitrogens with one attached hydrogen (secondary N) is 1. The Labute approximate surface area is 100 Å². The van der Waals surface area contributed by atoms with E-state index in [0.717, 1.165) is 25.9 Å². The summed E-state index contributed by atoms with van der Waals surface area (Å²) in [5.41, 5.74) is 0.722.